The molecule has 0 bridgehead atoms. The third-order valence-electron chi connectivity index (χ3n) is 5.56. The number of carbonyl (C=O) groups is 1. The van der Waals surface area contributed by atoms with E-state index in [2.05, 4.69) is 30.2 Å². The molecular weight excluding hydrogens is 458 g/mol. The number of cyclic esters (lactones) is 1. The van der Waals surface area contributed by atoms with Crippen molar-refractivity contribution in [3.8, 4) is 0 Å². The number of anilines is 2. The lowest BCUT2D eigenvalue weighted by Crippen LogP contribution is -2.30. The van der Waals surface area contributed by atoms with Crippen molar-refractivity contribution in [2.45, 2.75) is 25.9 Å². The summed E-state index contributed by atoms with van der Waals surface area (Å²) in [6, 6.07) is 9.84. The summed E-state index contributed by atoms with van der Waals surface area (Å²) in [6.45, 7) is 3.69. The molecule has 0 radical (unpaired) electrons. The number of carbonyl (C=O) groups excluding carboxylic acids is 1. The highest BCUT2D eigenvalue weighted by molar-refractivity contribution is 6.31. The number of hydrogen-bond acceptors (Lipinski definition) is 8. The molecule has 34 heavy (non-hydrogen) atoms. The predicted octanol–water partition coefficient (Wildman–Crippen LogP) is 3.94. The highest BCUT2D eigenvalue weighted by atomic mass is 35.5. The van der Waals surface area contributed by atoms with Crippen LogP contribution in [0.2, 0.25) is 5.02 Å². The van der Waals surface area contributed by atoms with E-state index in [1.165, 1.54) is 4.90 Å². The number of hydrogen-bond donors (Lipinski definition) is 2. The first-order valence-corrected chi connectivity index (χ1v) is 10.9. The van der Waals surface area contributed by atoms with E-state index in [1.807, 2.05) is 19.1 Å². The summed E-state index contributed by atoms with van der Waals surface area (Å²) < 4.78 is 5.27. The molecule has 2 atom stereocenters. The molecule has 0 spiro atoms. The van der Waals surface area contributed by atoms with Crippen LogP contribution in [-0.4, -0.2) is 37.6 Å². The fraction of sp³-hybridized carbons (Fsp3) is 0.217. The van der Waals surface area contributed by atoms with Gasteiger partial charge in [-0.3, -0.25) is 9.78 Å². The molecule has 4 aromatic rings. The monoisotopic (exact) mass is 477 g/mol. The van der Waals surface area contributed by atoms with E-state index in [0.717, 1.165) is 10.9 Å². The number of rotatable bonds is 5. The van der Waals surface area contributed by atoms with Gasteiger partial charge in [-0.15, -0.1) is 0 Å². The van der Waals surface area contributed by atoms with Gasteiger partial charge in [0.25, 0.3) is 5.56 Å². The third-order valence-corrected chi connectivity index (χ3v) is 5.80. The fourth-order valence-electron chi connectivity index (χ4n) is 3.90. The van der Waals surface area contributed by atoms with E-state index < -0.39 is 18.2 Å². The quantitative estimate of drug-likeness (QED) is 0.442. The van der Waals surface area contributed by atoms with Crippen molar-refractivity contribution >= 4 is 40.5 Å². The van der Waals surface area contributed by atoms with Crippen molar-refractivity contribution in [3.63, 3.8) is 0 Å². The van der Waals surface area contributed by atoms with Crippen LogP contribution in [0.25, 0.3) is 10.9 Å². The summed E-state index contributed by atoms with van der Waals surface area (Å²) in [5.41, 5.74) is 1.80. The summed E-state index contributed by atoms with van der Waals surface area (Å²) in [5, 5.41) is 4.53. The van der Waals surface area contributed by atoms with E-state index >= 15 is 0 Å². The van der Waals surface area contributed by atoms with E-state index in [9.17, 15) is 9.59 Å². The molecular formula is C23H20ClN7O3. The average Bonchev–Trinajstić information content (AvgIpc) is 3.20. The van der Waals surface area contributed by atoms with Gasteiger partial charge in [0, 0.05) is 33.9 Å². The number of nitrogens with zero attached hydrogens (tertiary/aromatic N) is 5. The van der Waals surface area contributed by atoms with Crippen LogP contribution in [0.4, 0.5) is 16.7 Å². The lowest BCUT2D eigenvalue weighted by atomic mass is 10.1. The van der Waals surface area contributed by atoms with Crippen LogP contribution in [0.15, 0.2) is 53.6 Å². The number of halogens is 1. The maximum absolute atomic E-state index is 12.7. The van der Waals surface area contributed by atoms with Crippen molar-refractivity contribution < 1.29 is 9.53 Å². The molecule has 10 nitrogen and oxygen atoms in total. The first-order valence-electron chi connectivity index (χ1n) is 10.6. The zero-order valence-corrected chi connectivity index (χ0v) is 19.1. The molecule has 1 amide bonds. The van der Waals surface area contributed by atoms with Crippen LogP contribution in [0.3, 0.4) is 0 Å². The predicted molar refractivity (Wildman–Crippen MR) is 127 cm³/mol. The van der Waals surface area contributed by atoms with Gasteiger partial charge in [-0.1, -0.05) is 11.6 Å². The summed E-state index contributed by atoms with van der Waals surface area (Å²) >= 11 is 6.10. The van der Waals surface area contributed by atoms with Crippen molar-refractivity contribution in [3.05, 3.63) is 81.1 Å². The number of amides is 1. The Morgan fingerprint density at radius 2 is 1.94 bits per heavy atom. The molecule has 172 valence electrons. The van der Waals surface area contributed by atoms with E-state index in [4.69, 9.17) is 16.3 Å². The Morgan fingerprint density at radius 1 is 1.15 bits per heavy atom. The summed E-state index contributed by atoms with van der Waals surface area (Å²) in [7, 11) is 0. The van der Waals surface area contributed by atoms with Crippen LogP contribution in [-0.2, 0) is 4.74 Å². The summed E-state index contributed by atoms with van der Waals surface area (Å²) in [6.07, 6.45) is 2.75. The smallest absolute Gasteiger partial charge is 0.417 e. The highest BCUT2D eigenvalue weighted by Gasteiger charge is 2.37. The normalized spacial score (nSPS) is 16.5. The molecule has 4 heterocycles. The van der Waals surface area contributed by atoms with Crippen molar-refractivity contribution in [2.24, 2.45) is 0 Å². The van der Waals surface area contributed by atoms with Gasteiger partial charge >= 0.3 is 6.09 Å². The Bertz CT molecular complexity index is 1440. The van der Waals surface area contributed by atoms with Gasteiger partial charge in [0.2, 0.25) is 11.9 Å². The number of aromatic nitrogens is 5. The molecule has 1 fully saturated rings. The van der Waals surface area contributed by atoms with Gasteiger partial charge in [0.1, 0.15) is 18.5 Å². The van der Waals surface area contributed by atoms with E-state index in [-0.39, 0.29) is 24.1 Å². The van der Waals surface area contributed by atoms with Crippen LogP contribution in [0.1, 0.15) is 36.0 Å². The minimum atomic E-state index is -0.547. The zero-order chi connectivity index (χ0) is 23.8. The SMILES string of the molecule is Cc1nc(N[C@@H](C)c2cc3cc(Cl)ccc3[nH]c2=O)nc(N2C(=O)OC[C@@H]2c2ccncc2)n1. The Labute approximate surface area is 199 Å². The molecule has 11 heteroatoms. The summed E-state index contributed by atoms with van der Waals surface area (Å²) in [5.74, 6) is 0.798. The van der Waals surface area contributed by atoms with Crippen LogP contribution in [0, 0.1) is 6.92 Å². The van der Waals surface area contributed by atoms with Gasteiger partial charge in [-0.25, -0.2) is 9.69 Å². The maximum atomic E-state index is 12.7. The number of fused-ring (bicyclic) bond motifs is 1. The van der Waals surface area contributed by atoms with Crippen molar-refractivity contribution in [1.82, 2.24) is 24.9 Å². The number of ether oxygens (including phenoxy) is 1. The molecule has 0 unspecified atom stereocenters. The van der Waals surface area contributed by atoms with Gasteiger partial charge in [0.05, 0.1) is 6.04 Å². The molecule has 5 rings (SSSR count). The maximum Gasteiger partial charge on any atom is 0.417 e. The molecule has 3 aromatic heterocycles. The Hall–Kier alpha value is -4.05. The van der Waals surface area contributed by atoms with Crippen LogP contribution >= 0.6 is 11.6 Å². The molecule has 1 saturated heterocycles. The molecule has 1 aliphatic rings. The molecule has 1 aromatic carbocycles. The molecule has 2 N–H and O–H groups in total. The average molecular weight is 478 g/mol. The number of nitrogens with one attached hydrogen (secondary N) is 2. The molecule has 1 aliphatic heterocycles. The molecule has 0 saturated carbocycles. The summed E-state index contributed by atoms with van der Waals surface area (Å²) in [4.78, 5) is 46.7. The number of H-pyrrole nitrogens is 1. The fourth-order valence-corrected chi connectivity index (χ4v) is 4.08. The first-order chi connectivity index (χ1) is 16.4. The minimum absolute atomic E-state index is 0.158. The Balaban J connectivity index is 1.46. The van der Waals surface area contributed by atoms with Gasteiger partial charge < -0.3 is 15.0 Å². The number of benzene rings is 1. The van der Waals surface area contributed by atoms with Gasteiger partial charge in [0.15, 0.2) is 0 Å². The minimum Gasteiger partial charge on any atom is -0.446 e. The first kappa shape index (κ1) is 21.8. The van der Waals surface area contributed by atoms with E-state index in [0.29, 0.717) is 21.9 Å². The topological polar surface area (TPSA) is 126 Å². The zero-order valence-electron chi connectivity index (χ0n) is 18.3. The lowest BCUT2D eigenvalue weighted by Gasteiger charge is -2.21. The lowest BCUT2D eigenvalue weighted by molar-refractivity contribution is 0.178. The second-order valence-corrected chi connectivity index (χ2v) is 8.34. The second-order valence-electron chi connectivity index (χ2n) is 7.90. The number of aromatic amines is 1. The largest absolute Gasteiger partial charge is 0.446 e. The highest BCUT2D eigenvalue weighted by Crippen LogP contribution is 2.31. The van der Waals surface area contributed by atoms with Gasteiger partial charge in [-0.05, 0) is 55.8 Å². The second kappa shape index (κ2) is 8.71. The number of pyridine rings is 2. The van der Waals surface area contributed by atoms with Crippen molar-refractivity contribution in [1.29, 1.82) is 0 Å². The van der Waals surface area contributed by atoms with Crippen LogP contribution in [0.5, 0.6) is 0 Å². The molecule has 0 aliphatic carbocycles. The third kappa shape index (κ3) is 4.15. The standard InChI is InChI=1S/C23H20ClN7O3/c1-12(17-10-15-9-16(24)3-4-18(15)29-20(17)32)26-21-27-13(2)28-22(30-21)31-19(11-34-23(31)33)14-5-7-25-8-6-14/h3-10,12,19H,11H2,1-2H3,(H,29,32)(H,26,27,28,30)/t12-,19+/m0/s1. The van der Waals surface area contributed by atoms with E-state index in [1.54, 1.807) is 43.6 Å². The Morgan fingerprint density at radius 3 is 2.74 bits per heavy atom. The van der Waals surface area contributed by atoms with Crippen molar-refractivity contribution in [2.75, 3.05) is 16.8 Å². The van der Waals surface area contributed by atoms with Gasteiger partial charge in [-0.2, -0.15) is 15.0 Å². The number of aryl methyl sites for hydroxylation is 1. The van der Waals surface area contributed by atoms with Crippen LogP contribution < -0.4 is 15.8 Å². The Kier molecular flexibility index (Phi) is 5.58.